The molecule has 40 heavy (non-hydrogen) atoms. The number of alkyl halides is 2. The van der Waals surface area contributed by atoms with E-state index in [0.717, 1.165) is 0 Å². The van der Waals surface area contributed by atoms with E-state index in [-0.39, 0.29) is 11.4 Å². The number of rotatable bonds is 11. The van der Waals surface area contributed by atoms with Gasteiger partial charge in [0.1, 0.15) is 29.3 Å². The lowest BCUT2D eigenvalue weighted by Gasteiger charge is -2.31. The topological polar surface area (TPSA) is 150 Å². The van der Waals surface area contributed by atoms with Crippen LogP contribution in [-0.2, 0) is 23.4 Å². The highest BCUT2D eigenvalue weighted by atomic mass is 35.5. The summed E-state index contributed by atoms with van der Waals surface area (Å²) in [4.78, 5) is 26.9. The number of ether oxygens (including phenoxy) is 2. The minimum absolute atomic E-state index is 0.168. The van der Waals surface area contributed by atoms with Crippen LogP contribution in [0.1, 0.15) is 19.0 Å². The fourth-order valence-corrected chi connectivity index (χ4v) is 6.02. The first kappa shape index (κ1) is 30.1. The number of aromatic nitrogens is 4. The predicted octanol–water partition coefficient (Wildman–Crippen LogP) is 2.76. The number of aryl methyl sites for hydroxylation is 1. The number of benzene rings is 1. The lowest BCUT2D eigenvalue weighted by Crippen LogP contribution is -2.48. The second kappa shape index (κ2) is 11.9. The third-order valence-corrected chi connectivity index (χ3v) is 8.34. The highest BCUT2D eigenvalue weighted by Gasteiger charge is 2.57. The Bertz CT molecular complexity index is 1400. The molecule has 218 valence electrons. The van der Waals surface area contributed by atoms with Crippen LogP contribution in [0.2, 0.25) is 0 Å². The lowest BCUT2D eigenvalue weighted by molar-refractivity contribution is -0.142. The number of halogens is 2. The van der Waals surface area contributed by atoms with Crippen LogP contribution in [-0.4, -0.2) is 88.2 Å². The summed E-state index contributed by atoms with van der Waals surface area (Å²) in [7, 11) is 0.414. The minimum Gasteiger partial charge on any atom is -0.468 e. The van der Waals surface area contributed by atoms with Crippen LogP contribution < -0.4 is 14.5 Å². The summed E-state index contributed by atoms with van der Waals surface area (Å²) < 4.78 is 52.7. The lowest BCUT2D eigenvalue weighted by atomic mass is 9.99. The maximum atomic E-state index is 15.7. The average molecular weight is 601 g/mol. The third-order valence-electron chi connectivity index (χ3n) is 6.26. The van der Waals surface area contributed by atoms with Gasteiger partial charge in [-0.05, 0) is 26.0 Å². The Morgan fingerprint density at radius 2 is 2.05 bits per heavy atom. The standard InChI is InChI=1S/C24H31ClFN6O7P/c1-14(23(34)36-5)30-40(35,39-16-9-7-6-8-10-16)37-12-24(11-25)19(33)17(26)22(38-24)32-13-27-18-20(31(3)4)28-15(2)29-21(18)32/h6-10,13-14,17,19,22,33H,11-12H2,1-5H3,(H,30,35)/t14-,17-,19+,22-,24-,40?/m1/s1. The average Bonchev–Trinajstić information content (AvgIpc) is 3.45. The van der Waals surface area contributed by atoms with Gasteiger partial charge >= 0.3 is 13.7 Å². The van der Waals surface area contributed by atoms with Gasteiger partial charge in [-0.15, -0.1) is 11.6 Å². The van der Waals surface area contributed by atoms with E-state index in [4.69, 9.17) is 25.4 Å². The predicted molar refractivity (Wildman–Crippen MR) is 144 cm³/mol. The van der Waals surface area contributed by atoms with Crippen molar-refractivity contribution in [1.82, 2.24) is 24.6 Å². The first-order chi connectivity index (χ1) is 18.9. The van der Waals surface area contributed by atoms with Gasteiger partial charge in [-0.1, -0.05) is 18.2 Å². The summed E-state index contributed by atoms with van der Waals surface area (Å²) in [5.74, 6) is -0.0568. The van der Waals surface area contributed by atoms with Crippen molar-refractivity contribution in [2.45, 2.75) is 44.0 Å². The van der Waals surface area contributed by atoms with Gasteiger partial charge < -0.3 is 24.0 Å². The van der Waals surface area contributed by atoms with Crippen molar-refractivity contribution in [1.29, 1.82) is 0 Å². The molecule has 1 saturated heterocycles. The van der Waals surface area contributed by atoms with Gasteiger partial charge in [0.05, 0.1) is 25.9 Å². The monoisotopic (exact) mass is 600 g/mol. The first-order valence-corrected chi connectivity index (χ1v) is 14.3. The molecule has 1 aromatic carbocycles. The summed E-state index contributed by atoms with van der Waals surface area (Å²) in [6.45, 7) is 2.42. The molecule has 0 amide bonds. The van der Waals surface area contributed by atoms with Gasteiger partial charge in [0.25, 0.3) is 0 Å². The van der Waals surface area contributed by atoms with E-state index in [9.17, 15) is 14.5 Å². The molecule has 13 nitrogen and oxygen atoms in total. The number of hydrogen-bond acceptors (Lipinski definition) is 11. The summed E-state index contributed by atoms with van der Waals surface area (Å²) in [5.41, 5.74) is -1.17. The minimum atomic E-state index is -4.33. The Kier molecular flexibility index (Phi) is 8.98. The summed E-state index contributed by atoms with van der Waals surface area (Å²) in [6, 6.07) is 6.98. The first-order valence-electron chi connectivity index (χ1n) is 12.2. The van der Waals surface area contributed by atoms with Crippen molar-refractivity contribution in [3.05, 3.63) is 42.5 Å². The van der Waals surface area contributed by atoms with Crippen molar-refractivity contribution in [2.24, 2.45) is 0 Å². The molecule has 1 aliphatic rings. The number of methoxy groups -OCH3 is 1. The van der Waals surface area contributed by atoms with Gasteiger partial charge in [-0.3, -0.25) is 13.9 Å². The second-order valence-corrected chi connectivity index (χ2v) is 11.4. The van der Waals surface area contributed by atoms with Crippen LogP contribution in [0.4, 0.5) is 10.2 Å². The fourth-order valence-electron chi connectivity index (χ4n) is 4.18. The zero-order chi connectivity index (χ0) is 29.2. The van der Waals surface area contributed by atoms with Gasteiger partial charge in [0.2, 0.25) is 0 Å². The smallest absolute Gasteiger partial charge is 0.459 e. The van der Waals surface area contributed by atoms with E-state index in [2.05, 4.69) is 24.8 Å². The zero-order valence-electron chi connectivity index (χ0n) is 22.5. The molecule has 0 radical (unpaired) electrons. The van der Waals surface area contributed by atoms with Crippen LogP contribution in [0.25, 0.3) is 11.2 Å². The highest BCUT2D eigenvalue weighted by Crippen LogP contribution is 2.49. The molecule has 0 aliphatic carbocycles. The van der Waals surface area contributed by atoms with E-state index in [1.807, 2.05) is 0 Å². The maximum Gasteiger partial charge on any atom is 0.459 e. The van der Waals surface area contributed by atoms with E-state index in [1.54, 1.807) is 44.1 Å². The number of carbonyl (C=O) groups excluding carboxylic acids is 1. The van der Waals surface area contributed by atoms with E-state index in [0.29, 0.717) is 17.2 Å². The number of aliphatic hydroxyl groups excluding tert-OH is 1. The van der Waals surface area contributed by atoms with Crippen LogP contribution in [0.5, 0.6) is 5.75 Å². The third kappa shape index (κ3) is 5.92. The van der Waals surface area contributed by atoms with Crippen molar-refractivity contribution < 1.29 is 37.4 Å². The molecule has 1 fully saturated rings. The van der Waals surface area contributed by atoms with E-state index >= 15 is 4.39 Å². The highest BCUT2D eigenvalue weighted by molar-refractivity contribution is 7.52. The number of nitrogens with zero attached hydrogens (tertiary/aromatic N) is 5. The molecule has 0 spiro atoms. The number of hydrogen-bond donors (Lipinski definition) is 2. The van der Waals surface area contributed by atoms with Gasteiger partial charge in [-0.25, -0.2) is 23.9 Å². The molecule has 1 aliphatic heterocycles. The molecular formula is C24H31ClFN6O7P. The molecule has 1 unspecified atom stereocenters. The number of imidazole rings is 1. The quantitative estimate of drug-likeness (QED) is 0.189. The van der Waals surface area contributed by atoms with E-state index < -0.39 is 56.3 Å². The molecular weight excluding hydrogens is 570 g/mol. The number of para-hydroxylation sites is 1. The van der Waals surface area contributed by atoms with Crippen molar-refractivity contribution in [3.8, 4) is 5.75 Å². The van der Waals surface area contributed by atoms with Gasteiger partial charge in [-0.2, -0.15) is 5.09 Å². The number of fused-ring (bicyclic) bond motifs is 1. The second-order valence-electron chi connectivity index (χ2n) is 9.46. The molecule has 0 bridgehead atoms. The summed E-state index contributed by atoms with van der Waals surface area (Å²) in [5, 5.41) is 13.5. The molecule has 6 atom stereocenters. The summed E-state index contributed by atoms with van der Waals surface area (Å²) >= 11 is 6.22. The molecule has 2 N–H and O–H groups in total. The molecule has 4 rings (SSSR count). The van der Waals surface area contributed by atoms with Gasteiger partial charge in [0, 0.05) is 14.1 Å². The van der Waals surface area contributed by atoms with E-state index in [1.165, 1.54) is 37.1 Å². The molecule has 0 saturated carbocycles. The number of esters is 1. The molecule has 16 heteroatoms. The van der Waals surface area contributed by atoms with Crippen molar-refractivity contribution >= 4 is 42.3 Å². The van der Waals surface area contributed by atoms with Crippen molar-refractivity contribution in [3.63, 3.8) is 0 Å². The maximum absolute atomic E-state index is 15.7. The molecule has 2 aromatic heterocycles. The number of carbonyl (C=O) groups is 1. The largest absolute Gasteiger partial charge is 0.468 e. The van der Waals surface area contributed by atoms with Crippen LogP contribution >= 0.6 is 19.3 Å². The van der Waals surface area contributed by atoms with Crippen LogP contribution in [0.15, 0.2) is 36.7 Å². The Morgan fingerprint density at radius 3 is 2.67 bits per heavy atom. The fraction of sp³-hybridized carbons (Fsp3) is 0.500. The SMILES string of the molecule is COC(=O)[C@@H](C)NP(=O)(OC[C@@]1(CCl)O[C@@H](n2cnc3c(N(C)C)nc(C)nc32)[C@H](F)[C@@H]1O)Oc1ccccc1. The summed E-state index contributed by atoms with van der Waals surface area (Å²) in [6.07, 6.45) is -3.85. The number of aliphatic hydroxyl groups is 1. The zero-order valence-corrected chi connectivity index (χ0v) is 24.2. The van der Waals surface area contributed by atoms with Crippen LogP contribution in [0, 0.1) is 6.92 Å². The molecule has 3 aromatic rings. The number of nitrogens with one attached hydrogen (secondary N) is 1. The normalized spacial score (nSPS) is 24.9. The van der Waals surface area contributed by atoms with Crippen molar-refractivity contribution in [2.75, 3.05) is 38.6 Å². The Morgan fingerprint density at radius 1 is 1.35 bits per heavy atom. The van der Waals surface area contributed by atoms with Gasteiger partial charge in [0.15, 0.2) is 29.4 Å². The number of anilines is 1. The Labute approximate surface area is 235 Å². The Hall–Kier alpha value is -2.87. The Balaban J connectivity index is 1.63. The molecule has 3 heterocycles. The van der Waals surface area contributed by atoms with Crippen LogP contribution in [0.3, 0.4) is 0 Å².